The number of nitrogens with two attached hydrogens (primary N) is 2. The molecule has 0 aromatic carbocycles. The molecule has 14 heavy (non-hydrogen) atoms. The number of amidine groups is 1. The molecule has 4 heteroatoms. The van der Waals surface area contributed by atoms with Crippen molar-refractivity contribution in [3.63, 3.8) is 0 Å². The lowest BCUT2D eigenvalue weighted by Crippen LogP contribution is -2.39. The van der Waals surface area contributed by atoms with E-state index in [0.29, 0.717) is 18.4 Å². The van der Waals surface area contributed by atoms with Gasteiger partial charge in [0.2, 0.25) is 0 Å². The highest BCUT2D eigenvalue weighted by atomic mass is 16.5. The van der Waals surface area contributed by atoms with E-state index < -0.39 is 0 Å². The molecule has 82 valence electrons. The number of hydrazone groups is 1. The van der Waals surface area contributed by atoms with Crippen molar-refractivity contribution >= 4 is 5.84 Å². The average molecular weight is 199 g/mol. The molecule has 1 saturated carbocycles. The minimum atomic E-state index is -0.0645. The van der Waals surface area contributed by atoms with Gasteiger partial charge in [-0.3, -0.25) is 0 Å². The van der Waals surface area contributed by atoms with E-state index in [9.17, 15) is 0 Å². The van der Waals surface area contributed by atoms with Crippen molar-refractivity contribution in [1.82, 2.24) is 0 Å². The molecule has 0 spiro atoms. The first kappa shape index (κ1) is 11.3. The van der Waals surface area contributed by atoms with Crippen LogP contribution in [0.25, 0.3) is 0 Å². The molecule has 1 aliphatic rings. The van der Waals surface area contributed by atoms with Crippen molar-refractivity contribution in [3.05, 3.63) is 0 Å². The molecule has 0 heterocycles. The van der Waals surface area contributed by atoms with Gasteiger partial charge in [-0.05, 0) is 25.7 Å². The fourth-order valence-electron chi connectivity index (χ4n) is 2.15. The molecular weight excluding hydrogens is 178 g/mol. The highest BCUT2D eigenvalue weighted by molar-refractivity contribution is 5.84. The summed E-state index contributed by atoms with van der Waals surface area (Å²) in [6.07, 6.45) is 6.17. The molecule has 1 atom stereocenters. The molecule has 0 radical (unpaired) electrons. The van der Waals surface area contributed by atoms with Gasteiger partial charge in [-0.1, -0.05) is 19.3 Å². The topological polar surface area (TPSA) is 73.6 Å². The molecule has 0 amide bonds. The maximum atomic E-state index is 5.73. The fraction of sp³-hybridized carbons (Fsp3) is 0.900. The smallest absolute Gasteiger partial charge is 0.148 e. The zero-order valence-electron chi connectivity index (χ0n) is 8.91. The lowest BCUT2D eigenvalue weighted by atomic mass is 9.85. The second kappa shape index (κ2) is 5.86. The van der Waals surface area contributed by atoms with E-state index in [2.05, 4.69) is 5.10 Å². The van der Waals surface area contributed by atoms with Gasteiger partial charge in [0.05, 0.1) is 0 Å². The molecular formula is C10H21N3O. The molecule has 1 unspecified atom stereocenters. The first-order chi connectivity index (χ1) is 6.79. The summed E-state index contributed by atoms with van der Waals surface area (Å²) in [5.41, 5.74) is 5.73. The Kier molecular flexibility index (Phi) is 4.73. The minimum Gasteiger partial charge on any atom is -0.384 e. The van der Waals surface area contributed by atoms with E-state index in [1.807, 2.05) is 6.92 Å². The number of ether oxygens (including phenoxy) is 1. The maximum Gasteiger partial charge on any atom is 0.148 e. The largest absolute Gasteiger partial charge is 0.384 e. The van der Waals surface area contributed by atoms with E-state index >= 15 is 0 Å². The SMILES string of the molecule is CCOC(C(N)=NN)C1CCCCC1. The van der Waals surface area contributed by atoms with Crippen LogP contribution in [0, 0.1) is 5.92 Å². The third-order valence-electron chi connectivity index (χ3n) is 2.86. The number of rotatable bonds is 4. The van der Waals surface area contributed by atoms with Gasteiger partial charge in [-0.2, -0.15) is 5.10 Å². The second-order valence-electron chi connectivity index (χ2n) is 3.83. The zero-order chi connectivity index (χ0) is 10.4. The summed E-state index contributed by atoms with van der Waals surface area (Å²) in [5.74, 6) is 6.15. The van der Waals surface area contributed by atoms with Crippen LogP contribution in [-0.4, -0.2) is 18.5 Å². The second-order valence-corrected chi connectivity index (χ2v) is 3.83. The van der Waals surface area contributed by atoms with Crippen LogP contribution in [0.2, 0.25) is 0 Å². The first-order valence-electron chi connectivity index (χ1n) is 5.44. The molecule has 1 rings (SSSR count). The van der Waals surface area contributed by atoms with Crippen LogP contribution >= 0.6 is 0 Å². The van der Waals surface area contributed by atoms with Gasteiger partial charge in [-0.25, -0.2) is 0 Å². The van der Waals surface area contributed by atoms with Gasteiger partial charge >= 0.3 is 0 Å². The predicted molar refractivity (Wildman–Crippen MR) is 57.8 cm³/mol. The lowest BCUT2D eigenvalue weighted by molar-refractivity contribution is 0.0520. The predicted octanol–water partition coefficient (Wildman–Crippen LogP) is 1.20. The van der Waals surface area contributed by atoms with Gasteiger partial charge in [0.25, 0.3) is 0 Å². The Labute approximate surface area is 85.7 Å². The third-order valence-corrected chi connectivity index (χ3v) is 2.86. The molecule has 0 bridgehead atoms. The normalized spacial score (nSPS) is 22.2. The van der Waals surface area contributed by atoms with Crippen molar-refractivity contribution in [2.75, 3.05) is 6.61 Å². The first-order valence-corrected chi connectivity index (χ1v) is 5.44. The standard InChI is InChI=1S/C10H21N3O/c1-2-14-9(10(11)13-12)8-6-4-3-5-7-8/h8-9H,2-7,12H2,1H3,(H2,11,13). The van der Waals surface area contributed by atoms with Crippen LogP contribution in [0.5, 0.6) is 0 Å². The summed E-state index contributed by atoms with van der Waals surface area (Å²) in [5, 5.41) is 3.55. The molecule has 0 aromatic heterocycles. The van der Waals surface area contributed by atoms with E-state index in [0.717, 1.165) is 0 Å². The van der Waals surface area contributed by atoms with Crippen LogP contribution in [0.1, 0.15) is 39.0 Å². The van der Waals surface area contributed by atoms with Crippen LogP contribution < -0.4 is 11.6 Å². The van der Waals surface area contributed by atoms with Crippen molar-refractivity contribution < 1.29 is 4.74 Å². The molecule has 1 aliphatic carbocycles. The van der Waals surface area contributed by atoms with Crippen molar-refractivity contribution in [1.29, 1.82) is 0 Å². The average Bonchev–Trinajstić information content (AvgIpc) is 2.26. The number of hydrogen-bond acceptors (Lipinski definition) is 3. The zero-order valence-corrected chi connectivity index (χ0v) is 8.91. The summed E-state index contributed by atoms with van der Waals surface area (Å²) < 4.78 is 5.60. The summed E-state index contributed by atoms with van der Waals surface area (Å²) in [7, 11) is 0. The van der Waals surface area contributed by atoms with Crippen molar-refractivity contribution in [3.8, 4) is 0 Å². The Morgan fingerprint density at radius 1 is 1.43 bits per heavy atom. The number of hydrogen-bond donors (Lipinski definition) is 2. The highest BCUT2D eigenvalue weighted by Crippen LogP contribution is 2.28. The van der Waals surface area contributed by atoms with Crippen LogP contribution in [0.4, 0.5) is 0 Å². The summed E-state index contributed by atoms with van der Waals surface area (Å²) in [6.45, 7) is 2.64. The molecule has 1 fully saturated rings. The maximum absolute atomic E-state index is 5.73. The van der Waals surface area contributed by atoms with Gasteiger partial charge in [0, 0.05) is 6.61 Å². The van der Waals surface area contributed by atoms with Crippen LogP contribution in [0.3, 0.4) is 0 Å². The molecule has 4 N–H and O–H groups in total. The Balaban J connectivity index is 2.55. The Hall–Kier alpha value is -0.770. The Morgan fingerprint density at radius 2 is 2.07 bits per heavy atom. The van der Waals surface area contributed by atoms with Gasteiger partial charge < -0.3 is 16.3 Å². The Morgan fingerprint density at radius 3 is 2.57 bits per heavy atom. The van der Waals surface area contributed by atoms with Gasteiger partial charge in [-0.15, -0.1) is 0 Å². The lowest BCUT2D eigenvalue weighted by Gasteiger charge is -2.29. The van der Waals surface area contributed by atoms with E-state index in [4.69, 9.17) is 16.3 Å². The summed E-state index contributed by atoms with van der Waals surface area (Å²) in [6, 6.07) is 0. The Bertz CT molecular complexity index is 188. The van der Waals surface area contributed by atoms with Crippen LogP contribution in [0.15, 0.2) is 5.10 Å². The minimum absolute atomic E-state index is 0.0645. The summed E-state index contributed by atoms with van der Waals surface area (Å²) >= 11 is 0. The van der Waals surface area contributed by atoms with Gasteiger partial charge in [0.15, 0.2) is 0 Å². The summed E-state index contributed by atoms with van der Waals surface area (Å²) in [4.78, 5) is 0. The third kappa shape index (κ3) is 2.87. The molecule has 0 aromatic rings. The van der Waals surface area contributed by atoms with Crippen molar-refractivity contribution in [2.24, 2.45) is 22.6 Å². The quantitative estimate of drug-likeness (QED) is 0.309. The number of nitrogens with zero attached hydrogens (tertiary/aromatic N) is 1. The molecule has 0 aliphatic heterocycles. The fourth-order valence-corrected chi connectivity index (χ4v) is 2.15. The van der Waals surface area contributed by atoms with Crippen molar-refractivity contribution in [2.45, 2.75) is 45.1 Å². The molecule has 4 nitrogen and oxygen atoms in total. The van der Waals surface area contributed by atoms with E-state index in [1.165, 1.54) is 32.1 Å². The van der Waals surface area contributed by atoms with Gasteiger partial charge in [0.1, 0.15) is 11.9 Å². The van der Waals surface area contributed by atoms with Crippen LogP contribution in [-0.2, 0) is 4.74 Å². The highest BCUT2D eigenvalue weighted by Gasteiger charge is 2.26. The monoisotopic (exact) mass is 199 g/mol. The van der Waals surface area contributed by atoms with E-state index in [1.54, 1.807) is 0 Å². The molecule has 0 saturated heterocycles. The van der Waals surface area contributed by atoms with E-state index in [-0.39, 0.29) is 6.10 Å².